The highest BCUT2D eigenvalue weighted by Gasteiger charge is 1.95. The fourth-order valence-corrected chi connectivity index (χ4v) is 2.42. The van der Waals surface area contributed by atoms with Crippen LogP contribution in [-0.4, -0.2) is 13.1 Å². The first-order valence-corrected chi connectivity index (χ1v) is 7.77. The van der Waals surface area contributed by atoms with Crippen molar-refractivity contribution in [3.05, 3.63) is 54.1 Å². The SMILES string of the molecule is CCCCCNCCC=Cc1cccc2ccccc12. The molecular formula is C19H25N. The molecular weight excluding hydrogens is 242 g/mol. The predicted molar refractivity (Wildman–Crippen MR) is 90.0 cm³/mol. The molecule has 2 rings (SSSR count). The third kappa shape index (κ3) is 4.50. The van der Waals surface area contributed by atoms with Gasteiger partial charge in [0.05, 0.1) is 0 Å². The smallest absolute Gasteiger partial charge is 0.00142 e. The second kappa shape index (κ2) is 8.55. The van der Waals surface area contributed by atoms with Crippen molar-refractivity contribution in [1.82, 2.24) is 5.32 Å². The average molecular weight is 267 g/mol. The van der Waals surface area contributed by atoms with Crippen molar-refractivity contribution in [2.75, 3.05) is 13.1 Å². The van der Waals surface area contributed by atoms with Gasteiger partial charge in [-0.25, -0.2) is 0 Å². The summed E-state index contributed by atoms with van der Waals surface area (Å²) < 4.78 is 0. The number of hydrogen-bond donors (Lipinski definition) is 1. The summed E-state index contributed by atoms with van der Waals surface area (Å²) in [5.74, 6) is 0. The van der Waals surface area contributed by atoms with Crippen LogP contribution < -0.4 is 5.32 Å². The van der Waals surface area contributed by atoms with Crippen LogP contribution in [0.4, 0.5) is 0 Å². The summed E-state index contributed by atoms with van der Waals surface area (Å²) in [6.07, 6.45) is 9.53. The standard InChI is InChI=1S/C19H25N/c1-2-3-7-15-20-16-8-6-11-18-13-9-12-17-10-4-5-14-19(17)18/h4-6,9-14,20H,2-3,7-8,15-16H2,1H3. The first-order valence-electron chi connectivity index (χ1n) is 7.77. The van der Waals surface area contributed by atoms with Gasteiger partial charge in [-0.1, -0.05) is 74.4 Å². The zero-order chi connectivity index (χ0) is 14.0. The maximum Gasteiger partial charge on any atom is -0.00142 e. The topological polar surface area (TPSA) is 12.0 Å². The third-order valence-electron chi connectivity index (χ3n) is 3.57. The Bertz CT molecular complexity index is 537. The maximum atomic E-state index is 3.49. The Labute approximate surface area is 122 Å². The lowest BCUT2D eigenvalue weighted by molar-refractivity contribution is 0.621. The van der Waals surface area contributed by atoms with Crippen LogP contribution in [0.25, 0.3) is 16.8 Å². The number of fused-ring (bicyclic) bond motifs is 1. The molecule has 0 aliphatic heterocycles. The summed E-state index contributed by atoms with van der Waals surface area (Å²) in [5.41, 5.74) is 1.31. The van der Waals surface area contributed by atoms with Gasteiger partial charge in [-0.3, -0.25) is 0 Å². The predicted octanol–water partition coefficient (Wildman–Crippen LogP) is 5.02. The normalized spacial score (nSPS) is 11.4. The minimum absolute atomic E-state index is 1.07. The molecule has 0 aliphatic carbocycles. The van der Waals surface area contributed by atoms with Gasteiger partial charge < -0.3 is 5.32 Å². The fraction of sp³-hybridized carbons (Fsp3) is 0.368. The van der Waals surface area contributed by atoms with E-state index < -0.39 is 0 Å². The van der Waals surface area contributed by atoms with Crippen LogP contribution in [0, 0.1) is 0 Å². The van der Waals surface area contributed by atoms with Crippen LogP contribution in [0.1, 0.15) is 38.2 Å². The first-order chi connectivity index (χ1) is 9.92. The highest BCUT2D eigenvalue weighted by Crippen LogP contribution is 2.19. The van der Waals surface area contributed by atoms with Crippen LogP contribution in [0.2, 0.25) is 0 Å². The summed E-state index contributed by atoms with van der Waals surface area (Å²) in [6, 6.07) is 15.0. The van der Waals surface area contributed by atoms with Crippen LogP contribution in [0.3, 0.4) is 0 Å². The van der Waals surface area contributed by atoms with Gasteiger partial charge >= 0.3 is 0 Å². The molecule has 2 aromatic rings. The number of unbranched alkanes of at least 4 members (excludes halogenated alkanes) is 2. The van der Waals surface area contributed by atoms with Crippen LogP contribution in [0.15, 0.2) is 48.5 Å². The van der Waals surface area contributed by atoms with Crippen LogP contribution in [0.5, 0.6) is 0 Å². The van der Waals surface area contributed by atoms with Crippen molar-refractivity contribution in [2.45, 2.75) is 32.6 Å². The molecule has 20 heavy (non-hydrogen) atoms. The molecule has 2 aromatic carbocycles. The van der Waals surface area contributed by atoms with Gasteiger partial charge in [0.2, 0.25) is 0 Å². The molecule has 0 heterocycles. The van der Waals surface area contributed by atoms with E-state index in [1.807, 2.05) is 0 Å². The van der Waals surface area contributed by atoms with E-state index in [1.54, 1.807) is 0 Å². The summed E-state index contributed by atoms with van der Waals surface area (Å²) in [4.78, 5) is 0. The van der Waals surface area contributed by atoms with E-state index in [2.05, 4.69) is 66.9 Å². The highest BCUT2D eigenvalue weighted by molar-refractivity contribution is 5.90. The molecule has 0 aliphatic rings. The quantitative estimate of drug-likeness (QED) is 0.662. The molecule has 0 aromatic heterocycles. The van der Waals surface area contributed by atoms with Gasteiger partial charge in [0.1, 0.15) is 0 Å². The van der Waals surface area contributed by atoms with Crippen molar-refractivity contribution in [1.29, 1.82) is 0 Å². The maximum absolute atomic E-state index is 3.49. The Morgan fingerprint density at radius 3 is 2.70 bits per heavy atom. The van der Waals surface area contributed by atoms with Gasteiger partial charge in [0.25, 0.3) is 0 Å². The lowest BCUT2D eigenvalue weighted by atomic mass is 10.0. The monoisotopic (exact) mass is 267 g/mol. The Hall–Kier alpha value is -1.60. The Kier molecular flexibility index (Phi) is 6.33. The minimum atomic E-state index is 1.07. The molecule has 0 radical (unpaired) electrons. The molecule has 106 valence electrons. The largest absolute Gasteiger partial charge is 0.316 e. The summed E-state index contributed by atoms with van der Waals surface area (Å²) >= 11 is 0. The fourth-order valence-electron chi connectivity index (χ4n) is 2.42. The van der Waals surface area contributed by atoms with E-state index in [0.29, 0.717) is 0 Å². The zero-order valence-corrected chi connectivity index (χ0v) is 12.4. The number of benzene rings is 2. The van der Waals surface area contributed by atoms with E-state index in [-0.39, 0.29) is 0 Å². The number of hydrogen-bond acceptors (Lipinski definition) is 1. The lowest BCUT2D eigenvalue weighted by Gasteiger charge is -2.03. The van der Waals surface area contributed by atoms with E-state index in [0.717, 1.165) is 19.5 Å². The van der Waals surface area contributed by atoms with E-state index in [9.17, 15) is 0 Å². The van der Waals surface area contributed by atoms with Gasteiger partial charge in [-0.15, -0.1) is 0 Å². The van der Waals surface area contributed by atoms with Crippen molar-refractivity contribution >= 4 is 16.8 Å². The highest BCUT2D eigenvalue weighted by atomic mass is 14.8. The van der Waals surface area contributed by atoms with Crippen molar-refractivity contribution in [3.63, 3.8) is 0 Å². The van der Waals surface area contributed by atoms with Crippen LogP contribution >= 0.6 is 0 Å². The Balaban J connectivity index is 1.81. The molecule has 0 saturated heterocycles. The molecule has 1 heteroatoms. The van der Waals surface area contributed by atoms with Crippen LogP contribution in [-0.2, 0) is 0 Å². The zero-order valence-electron chi connectivity index (χ0n) is 12.4. The first kappa shape index (κ1) is 14.8. The second-order valence-corrected chi connectivity index (χ2v) is 5.22. The number of rotatable bonds is 8. The molecule has 0 bridgehead atoms. The average Bonchev–Trinajstić information content (AvgIpc) is 2.50. The molecule has 0 unspecified atom stereocenters. The van der Waals surface area contributed by atoms with Gasteiger partial charge in [-0.2, -0.15) is 0 Å². The van der Waals surface area contributed by atoms with Crippen molar-refractivity contribution in [3.8, 4) is 0 Å². The van der Waals surface area contributed by atoms with Crippen molar-refractivity contribution in [2.24, 2.45) is 0 Å². The molecule has 0 fully saturated rings. The van der Waals surface area contributed by atoms with E-state index >= 15 is 0 Å². The molecule has 0 atom stereocenters. The number of nitrogens with one attached hydrogen (secondary N) is 1. The summed E-state index contributed by atoms with van der Waals surface area (Å²) in [7, 11) is 0. The van der Waals surface area contributed by atoms with Gasteiger partial charge in [0.15, 0.2) is 0 Å². The third-order valence-corrected chi connectivity index (χ3v) is 3.57. The lowest BCUT2D eigenvalue weighted by Crippen LogP contribution is -2.15. The Morgan fingerprint density at radius 2 is 1.80 bits per heavy atom. The van der Waals surface area contributed by atoms with E-state index in [4.69, 9.17) is 0 Å². The van der Waals surface area contributed by atoms with Crippen molar-refractivity contribution < 1.29 is 0 Å². The molecule has 1 nitrogen and oxygen atoms in total. The summed E-state index contributed by atoms with van der Waals surface area (Å²) in [5, 5.41) is 6.14. The minimum Gasteiger partial charge on any atom is -0.316 e. The summed E-state index contributed by atoms with van der Waals surface area (Å²) in [6.45, 7) is 4.47. The molecule has 0 spiro atoms. The second-order valence-electron chi connectivity index (χ2n) is 5.22. The van der Waals surface area contributed by atoms with Gasteiger partial charge in [0, 0.05) is 0 Å². The molecule has 0 amide bonds. The van der Waals surface area contributed by atoms with E-state index in [1.165, 1.54) is 35.6 Å². The molecule has 0 saturated carbocycles. The van der Waals surface area contributed by atoms with Gasteiger partial charge in [-0.05, 0) is 42.3 Å². The molecule has 1 N–H and O–H groups in total. The Morgan fingerprint density at radius 1 is 0.950 bits per heavy atom.